The first-order valence-electron chi connectivity index (χ1n) is 11.9. The SMILES string of the molecule is CN/C(=C\C(N)=N/C(=O)OC)c1cncc(-c2cc(NC(=O)c3ccnc(C4(C#N)CC4)c3)ccc2C)c1. The molecule has 0 bridgehead atoms. The topological polar surface area (TPSA) is 155 Å². The second kappa shape index (κ2) is 10.9. The number of hydrogen-bond acceptors (Lipinski definition) is 7. The van der Waals surface area contributed by atoms with E-state index in [4.69, 9.17) is 5.73 Å². The van der Waals surface area contributed by atoms with E-state index in [2.05, 4.69) is 36.4 Å². The van der Waals surface area contributed by atoms with E-state index in [0.29, 0.717) is 22.6 Å². The summed E-state index contributed by atoms with van der Waals surface area (Å²) in [7, 11) is 2.94. The summed E-state index contributed by atoms with van der Waals surface area (Å²) in [4.78, 5) is 36.7. The number of aliphatic imine (C=N–C) groups is 1. The molecule has 0 atom stereocenters. The van der Waals surface area contributed by atoms with Gasteiger partial charge in [-0.2, -0.15) is 10.3 Å². The van der Waals surface area contributed by atoms with Crippen LogP contribution in [0.25, 0.3) is 16.8 Å². The fourth-order valence-electron chi connectivity index (χ4n) is 3.96. The van der Waals surface area contributed by atoms with Gasteiger partial charge in [-0.15, -0.1) is 0 Å². The summed E-state index contributed by atoms with van der Waals surface area (Å²) in [6, 6.07) is 13.2. The molecule has 192 valence electrons. The molecule has 38 heavy (non-hydrogen) atoms. The van der Waals surface area contributed by atoms with Crippen molar-refractivity contribution in [3.8, 4) is 17.2 Å². The van der Waals surface area contributed by atoms with Crippen LogP contribution in [0.1, 0.15) is 40.0 Å². The molecule has 0 spiro atoms. The fraction of sp³-hybridized carbons (Fsp3) is 0.214. The van der Waals surface area contributed by atoms with Gasteiger partial charge < -0.3 is 21.1 Å². The number of aromatic nitrogens is 2. The molecular weight excluding hydrogens is 482 g/mol. The molecule has 0 saturated heterocycles. The van der Waals surface area contributed by atoms with Crippen LogP contribution in [0.2, 0.25) is 0 Å². The summed E-state index contributed by atoms with van der Waals surface area (Å²) in [5.41, 5.74) is 11.0. The van der Waals surface area contributed by atoms with E-state index in [1.165, 1.54) is 13.2 Å². The summed E-state index contributed by atoms with van der Waals surface area (Å²) in [5, 5.41) is 15.4. The molecule has 0 unspecified atom stereocenters. The predicted octanol–water partition coefficient (Wildman–Crippen LogP) is 3.94. The standard InChI is InChI=1S/C28H27N7O3/c1-17-4-5-21(34-26(36)18-6-9-33-24(11-18)28(16-29)7-8-28)12-22(17)19-10-20(15-32-14-19)23(31-2)13-25(30)35-27(37)38-3/h4-6,9-15,31H,7-8H2,1-3H3,(H,34,36)(H2,30,35,37)/b23-13-. The number of carbonyl (C=O) groups excluding carboxylic acids is 2. The number of aryl methyl sites for hydroxylation is 1. The number of hydrogen-bond donors (Lipinski definition) is 3. The predicted molar refractivity (Wildman–Crippen MR) is 144 cm³/mol. The van der Waals surface area contributed by atoms with Gasteiger partial charge in [0.15, 0.2) is 0 Å². The molecule has 0 aliphatic heterocycles. The average molecular weight is 510 g/mol. The van der Waals surface area contributed by atoms with Crippen molar-refractivity contribution in [2.75, 3.05) is 19.5 Å². The van der Waals surface area contributed by atoms with Crippen molar-refractivity contribution in [3.63, 3.8) is 0 Å². The normalized spacial score (nSPS) is 14.3. The van der Waals surface area contributed by atoms with Gasteiger partial charge in [-0.3, -0.25) is 14.8 Å². The Kier molecular flexibility index (Phi) is 7.48. The smallest absolute Gasteiger partial charge is 0.435 e. The van der Waals surface area contributed by atoms with Crippen LogP contribution in [-0.2, 0) is 10.2 Å². The van der Waals surface area contributed by atoms with Gasteiger partial charge in [0.2, 0.25) is 0 Å². The maximum atomic E-state index is 13.0. The molecular formula is C28H27N7O3. The van der Waals surface area contributed by atoms with Crippen LogP contribution in [0, 0.1) is 18.3 Å². The maximum Gasteiger partial charge on any atom is 0.435 e. The van der Waals surface area contributed by atoms with Crippen LogP contribution in [0.15, 0.2) is 66.1 Å². The van der Waals surface area contributed by atoms with Crippen LogP contribution < -0.4 is 16.4 Å². The first kappa shape index (κ1) is 26.0. The van der Waals surface area contributed by atoms with E-state index in [9.17, 15) is 14.9 Å². The molecule has 0 radical (unpaired) electrons. The van der Waals surface area contributed by atoms with Crippen LogP contribution in [0.4, 0.5) is 10.5 Å². The van der Waals surface area contributed by atoms with E-state index in [0.717, 1.165) is 35.1 Å². The molecule has 1 saturated carbocycles. The van der Waals surface area contributed by atoms with Crippen LogP contribution in [0.3, 0.4) is 0 Å². The van der Waals surface area contributed by atoms with Gasteiger partial charge in [0.25, 0.3) is 5.91 Å². The van der Waals surface area contributed by atoms with E-state index in [-0.39, 0.29) is 11.7 Å². The minimum atomic E-state index is -0.796. The molecule has 4 rings (SSSR count). The van der Waals surface area contributed by atoms with Crippen molar-refractivity contribution in [3.05, 3.63) is 83.4 Å². The zero-order chi connectivity index (χ0) is 27.3. The quantitative estimate of drug-likeness (QED) is 0.319. The summed E-state index contributed by atoms with van der Waals surface area (Å²) in [6.45, 7) is 1.97. The molecule has 2 heterocycles. The number of nitrogens with zero attached hydrogens (tertiary/aromatic N) is 4. The Bertz CT molecular complexity index is 1500. The van der Waals surface area contributed by atoms with Gasteiger partial charge in [0, 0.05) is 59.8 Å². The second-order valence-electron chi connectivity index (χ2n) is 8.88. The molecule has 2 aromatic heterocycles. The Morgan fingerprint density at radius 3 is 2.66 bits per heavy atom. The van der Waals surface area contributed by atoms with Gasteiger partial charge in [0.05, 0.1) is 24.3 Å². The van der Waals surface area contributed by atoms with Crippen LogP contribution >= 0.6 is 0 Å². The Labute approximate surface area is 220 Å². The number of amides is 2. The van der Waals surface area contributed by atoms with Crippen LogP contribution in [-0.4, -0.2) is 42.0 Å². The molecule has 10 nitrogen and oxygen atoms in total. The molecule has 3 aromatic rings. The average Bonchev–Trinajstić information content (AvgIpc) is 3.74. The Morgan fingerprint density at radius 1 is 1.18 bits per heavy atom. The number of methoxy groups -OCH3 is 1. The summed E-state index contributed by atoms with van der Waals surface area (Å²) < 4.78 is 4.51. The molecule has 4 N–H and O–H groups in total. The molecule has 2 amide bonds. The molecule has 1 aromatic carbocycles. The fourth-order valence-corrected chi connectivity index (χ4v) is 3.96. The number of nitriles is 1. The van der Waals surface area contributed by atoms with Gasteiger partial charge in [-0.05, 0) is 61.2 Å². The van der Waals surface area contributed by atoms with Crippen molar-refractivity contribution in [2.24, 2.45) is 10.7 Å². The Hall–Kier alpha value is -5.04. The third kappa shape index (κ3) is 5.68. The van der Waals surface area contributed by atoms with Crippen molar-refractivity contribution < 1.29 is 14.3 Å². The monoisotopic (exact) mass is 509 g/mol. The van der Waals surface area contributed by atoms with Gasteiger partial charge in [-0.1, -0.05) is 6.07 Å². The third-order valence-electron chi connectivity index (χ3n) is 6.29. The number of amidine groups is 1. The van der Waals surface area contributed by atoms with Crippen molar-refractivity contribution in [2.45, 2.75) is 25.2 Å². The van der Waals surface area contributed by atoms with Crippen molar-refractivity contribution >= 4 is 29.2 Å². The number of carbonyl (C=O) groups is 2. The summed E-state index contributed by atoms with van der Waals surface area (Å²) >= 11 is 0. The minimum Gasteiger partial charge on any atom is -0.451 e. The molecule has 1 fully saturated rings. The number of nitrogens with two attached hydrogens (primary N) is 1. The lowest BCUT2D eigenvalue weighted by Gasteiger charge is -2.13. The first-order valence-corrected chi connectivity index (χ1v) is 11.9. The third-order valence-corrected chi connectivity index (χ3v) is 6.29. The summed E-state index contributed by atoms with van der Waals surface area (Å²) in [6.07, 6.45) is 7.18. The van der Waals surface area contributed by atoms with Gasteiger partial charge >= 0.3 is 6.09 Å². The number of pyridine rings is 2. The molecule has 10 heteroatoms. The number of rotatable bonds is 7. The molecule has 1 aliphatic rings. The number of ether oxygens (including phenoxy) is 1. The van der Waals surface area contributed by atoms with E-state index >= 15 is 0 Å². The highest BCUT2D eigenvalue weighted by Crippen LogP contribution is 2.46. The van der Waals surface area contributed by atoms with E-state index < -0.39 is 11.5 Å². The summed E-state index contributed by atoms with van der Waals surface area (Å²) in [5.74, 6) is -0.307. The first-order chi connectivity index (χ1) is 18.3. The minimum absolute atomic E-state index is 0.0193. The second-order valence-corrected chi connectivity index (χ2v) is 8.88. The van der Waals surface area contributed by atoms with Gasteiger partial charge in [0.1, 0.15) is 5.84 Å². The zero-order valence-corrected chi connectivity index (χ0v) is 21.3. The van der Waals surface area contributed by atoms with Crippen LogP contribution in [0.5, 0.6) is 0 Å². The lowest BCUT2D eigenvalue weighted by atomic mass is 9.99. The van der Waals surface area contributed by atoms with Crippen molar-refractivity contribution in [1.82, 2.24) is 15.3 Å². The highest BCUT2D eigenvalue weighted by Gasteiger charge is 2.46. The van der Waals surface area contributed by atoms with Gasteiger partial charge in [-0.25, -0.2) is 4.79 Å². The maximum absolute atomic E-state index is 13.0. The highest BCUT2D eigenvalue weighted by molar-refractivity contribution is 6.05. The number of nitrogens with one attached hydrogen (secondary N) is 2. The number of anilines is 1. The van der Waals surface area contributed by atoms with Crippen molar-refractivity contribution in [1.29, 1.82) is 5.26 Å². The lowest BCUT2D eigenvalue weighted by Crippen LogP contribution is -2.15. The molecule has 1 aliphatic carbocycles. The Morgan fingerprint density at radius 2 is 1.97 bits per heavy atom. The zero-order valence-electron chi connectivity index (χ0n) is 21.3. The Balaban J connectivity index is 1.60. The van der Waals surface area contributed by atoms with E-state index in [1.807, 2.05) is 31.2 Å². The largest absolute Gasteiger partial charge is 0.451 e. The van der Waals surface area contributed by atoms with E-state index in [1.54, 1.807) is 37.8 Å². The lowest BCUT2D eigenvalue weighted by molar-refractivity contribution is 0.102. The highest BCUT2D eigenvalue weighted by atomic mass is 16.5. The number of benzene rings is 1.